The lowest BCUT2D eigenvalue weighted by molar-refractivity contribution is 0.476. The molecule has 0 bridgehead atoms. The number of anilines is 1. The molecule has 0 aliphatic heterocycles. The number of benzene rings is 1. The molecule has 0 saturated heterocycles. The zero-order chi connectivity index (χ0) is 13.0. The molecule has 4 nitrogen and oxygen atoms in total. The lowest BCUT2D eigenvalue weighted by Gasteiger charge is -2.13. The Morgan fingerprint density at radius 3 is 3.00 bits per heavy atom. The predicted molar refractivity (Wildman–Crippen MR) is 74.7 cm³/mol. The van der Waals surface area contributed by atoms with Gasteiger partial charge in [-0.15, -0.1) is 0 Å². The smallest absolute Gasteiger partial charge is 0.133 e. The van der Waals surface area contributed by atoms with Crippen LogP contribution >= 0.6 is 0 Å². The van der Waals surface area contributed by atoms with Gasteiger partial charge >= 0.3 is 0 Å². The normalized spacial score (nSPS) is 12.6. The fraction of sp³-hybridized carbons (Fsp3) is 0.357. The van der Waals surface area contributed by atoms with Gasteiger partial charge in [0.2, 0.25) is 0 Å². The highest BCUT2D eigenvalue weighted by Gasteiger charge is 2.05. The van der Waals surface area contributed by atoms with Gasteiger partial charge in [-0.1, -0.05) is 13.0 Å². The molecule has 0 aliphatic carbocycles. The molecule has 0 spiro atoms. The molecule has 1 atom stereocenters. The molecule has 4 heteroatoms. The van der Waals surface area contributed by atoms with Crippen molar-refractivity contribution >= 4 is 16.6 Å². The van der Waals surface area contributed by atoms with E-state index in [0.29, 0.717) is 12.5 Å². The summed E-state index contributed by atoms with van der Waals surface area (Å²) >= 11 is 0. The monoisotopic (exact) mass is 245 g/mol. The van der Waals surface area contributed by atoms with Crippen LogP contribution in [0.2, 0.25) is 0 Å². The van der Waals surface area contributed by atoms with Crippen molar-refractivity contribution in [3.63, 3.8) is 0 Å². The molecule has 2 rings (SSSR count). The minimum atomic E-state index is 0.258. The van der Waals surface area contributed by atoms with Crippen LogP contribution in [0.15, 0.2) is 30.5 Å². The second-order valence-electron chi connectivity index (χ2n) is 4.63. The summed E-state index contributed by atoms with van der Waals surface area (Å²) in [6.45, 7) is 3.69. The number of hydrogen-bond donors (Lipinski definition) is 3. The number of phenolic OH excluding ortho intramolecular Hbond substituents is 1. The fourth-order valence-corrected chi connectivity index (χ4v) is 1.95. The molecule has 0 aliphatic rings. The summed E-state index contributed by atoms with van der Waals surface area (Å²) in [5.41, 5.74) is 5.53. The van der Waals surface area contributed by atoms with Crippen LogP contribution in [0.1, 0.15) is 13.3 Å². The first kappa shape index (κ1) is 12.6. The molecular weight excluding hydrogens is 226 g/mol. The maximum Gasteiger partial charge on any atom is 0.133 e. The number of pyridine rings is 1. The highest BCUT2D eigenvalue weighted by Crippen LogP contribution is 2.25. The quantitative estimate of drug-likeness (QED) is 0.756. The van der Waals surface area contributed by atoms with Gasteiger partial charge in [-0.25, -0.2) is 4.98 Å². The molecule has 0 saturated carbocycles. The highest BCUT2D eigenvalue weighted by molar-refractivity contribution is 5.92. The van der Waals surface area contributed by atoms with Crippen LogP contribution in [0.25, 0.3) is 10.8 Å². The number of hydrogen-bond acceptors (Lipinski definition) is 4. The minimum absolute atomic E-state index is 0.258. The molecule has 2 aromatic rings. The number of nitrogens with zero attached hydrogens (tertiary/aromatic N) is 1. The van der Waals surface area contributed by atoms with Crippen molar-refractivity contribution in [1.82, 2.24) is 4.98 Å². The van der Waals surface area contributed by atoms with Crippen molar-refractivity contribution in [3.8, 4) is 5.75 Å². The second kappa shape index (κ2) is 5.69. The van der Waals surface area contributed by atoms with Crippen molar-refractivity contribution in [2.24, 2.45) is 11.7 Å². The Morgan fingerprint density at radius 2 is 2.22 bits per heavy atom. The van der Waals surface area contributed by atoms with E-state index in [-0.39, 0.29) is 5.75 Å². The maximum atomic E-state index is 9.54. The molecular formula is C14H19N3O. The van der Waals surface area contributed by atoms with Crippen molar-refractivity contribution in [2.45, 2.75) is 13.3 Å². The van der Waals surface area contributed by atoms with E-state index >= 15 is 0 Å². The zero-order valence-electron chi connectivity index (χ0n) is 10.6. The summed E-state index contributed by atoms with van der Waals surface area (Å²) in [5.74, 6) is 1.57. The summed E-state index contributed by atoms with van der Waals surface area (Å²) in [7, 11) is 0. The van der Waals surface area contributed by atoms with Gasteiger partial charge < -0.3 is 16.2 Å². The number of rotatable bonds is 5. The molecule has 0 fully saturated rings. The van der Waals surface area contributed by atoms with E-state index in [1.807, 2.05) is 12.1 Å². The first-order valence-electron chi connectivity index (χ1n) is 6.22. The summed E-state index contributed by atoms with van der Waals surface area (Å²) in [5, 5.41) is 14.9. The Bertz CT molecular complexity index is 527. The first-order valence-corrected chi connectivity index (χ1v) is 6.22. The molecule has 1 heterocycles. The van der Waals surface area contributed by atoms with E-state index in [1.54, 1.807) is 18.3 Å². The van der Waals surface area contributed by atoms with E-state index < -0.39 is 0 Å². The van der Waals surface area contributed by atoms with Gasteiger partial charge in [0, 0.05) is 18.1 Å². The van der Waals surface area contributed by atoms with Crippen LogP contribution in [0, 0.1) is 5.92 Å². The van der Waals surface area contributed by atoms with Gasteiger partial charge in [0.05, 0.1) is 0 Å². The average Bonchev–Trinajstić information content (AvgIpc) is 2.36. The van der Waals surface area contributed by atoms with Crippen LogP contribution < -0.4 is 11.1 Å². The highest BCUT2D eigenvalue weighted by atomic mass is 16.3. The SMILES string of the molecule is CC(CCN)CNc1nccc2ccc(O)cc12. The van der Waals surface area contributed by atoms with Crippen LogP contribution in [-0.2, 0) is 0 Å². The second-order valence-corrected chi connectivity index (χ2v) is 4.63. The molecule has 0 amide bonds. The number of nitrogens with two attached hydrogens (primary N) is 1. The number of aromatic hydroxyl groups is 1. The average molecular weight is 245 g/mol. The maximum absolute atomic E-state index is 9.54. The molecule has 18 heavy (non-hydrogen) atoms. The number of aromatic nitrogens is 1. The summed E-state index contributed by atoms with van der Waals surface area (Å²) in [6, 6.07) is 7.24. The number of fused-ring (bicyclic) bond motifs is 1. The zero-order valence-corrected chi connectivity index (χ0v) is 10.6. The number of phenols is 1. The van der Waals surface area contributed by atoms with Crippen LogP contribution in [-0.4, -0.2) is 23.2 Å². The third-order valence-corrected chi connectivity index (χ3v) is 3.03. The Balaban J connectivity index is 2.19. The lowest BCUT2D eigenvalue weighted by atomic mass is 10.1. The van der Waals surface area contributed by atoms with Gasteiger partial charge in [0.25, 0.3) is 0 Å². The van der Waals surface area contributed by atoms with E-state index in [4.69, 9.17) is 5.73 Å². The lowest BCUT2D eigenvalue weighted by Crippen LogP contribution is -2.15. The Hall–Kier alpha value is -1.81. The Labute approximate surface area is 107 Å². The van der Waals surface area contributed by atoms with Gasteiger partial charge in [0.1, 0.15) is 11.6 Å². The topological polar surface area (TPSA) is 71.2 Å². The van der Waals surface area contributed by atoms with E-state index in [1.165, 1.54) is 0 Å². The Kier molecular flexibility index (Phi) is 3.99. The van der Waals surface area contributed by atoms with Crippen molar-refractivity contribution < 1.29 is 5.11 Å². The van der Waals surface area contributed by atoms with Gasteiger partial charge in [-0.3, -0.25) is 0 Å². The molecule has 96 valence electrons. The summed E-state index contributed by atoms with van der Waals surface area (Å²) in [6.07, 6.45) is 2.76. The number of nitrogens with one attached hydrogen (secondary N) is 1. The van der Waals surface area contributed by atoms with Crippen LogP contribution in [0.3, 0.4) is 0 Å². The third-order valence-electron chi connectivity index (χ3n) is 3.03. The van der Waals surface area contributed by atoms with Gasteiger partial charge in [-0.2, -0.15) is 0 Å². The molecule has 4 N–H and O–H groups in total. The van der Waals surface area contributed by atoms with Crippen molar-refractivity contribution in [2.75, 3.05) is 18.4 Å². The van der Waals surface area contributed by atoms with Gasteiger partial charge in [-0.05, 0) is 42.5 Å². The molecule has 1 aromatic heterocycles. The first-order chi connectivity index (χ1) is 8.70. The largest absolute Gasteiger partial charge is 0.508 e. The van der Waals surface area contributed by atoms with Crippen LogP contribution in [0.5, 0.6) is 5.75 Å². The summed E-state index contributed by atoms with van der Waals surface area (Å²) in [4.78, 5) is 4.33. The van der Waals surface area contributed by atoms with Gasteiger partial charge in [0.15, 0.2) is 0 Å². The third kappa shape index (κ3) is 2.90. The molecule has 0 radical (unpaired) electrons. The minimum Gasteiger partial charge on any atom is -0.508 e. The van der Waals surface area contributed by atoms with E-state index in [0.717, 1.165) is 29.6 Å². The van der Waals surface area contributed by atoms with Crippen LogP contribution in [0.4, 0.5) is 5.82 Å². The van der Waals surface area contributed by atoms with E-state index in [2.05, 4.69) is 17.2 Å². The summed E-state index contributed by atoms with van der Waals surface area (Å²) < 4.78 is 0. The molecule has 1 aromatic carbocycles. The molecule has 1 unspecified atom stereocenters. The van der Waals surface area contributed by atoms with E-state index in [9.17, 15) is 5.11 Å². The Morgan fingerprint density at radius 1 is 1.39 bits per heavy atom. The predicted octanol–water partition coefficient (Wildman–Crippen LogP) is 2.34. The van der Waals surface area contributed by atoms with Crippen molar-refractivity contribution in [1.29, 1.82) is 0 Å². The standard InChI is InChI=1S/C14H19N3O/c1-10(4-6-15)9-17-14-13-8-12(18)3-2-11(13)5-7-16-14/h2-3,5,7-8,10,18H,4,6,9,15H2,1H3,(H,16,17). The fourth-order valence-electron chi connectivity index (χ4n) is 1.95. The van der Waals surface area contributed by atoms with Crippen molar-refractivity contribution in [3.05, 3.63) is 30.5 Å².